The van der Waals surface area contributed by atoms with Crippen molar-refractivity contribution in [2.45, 2.75) is 4.33 Å². The van der Waals surface area contributed by atoms with E-state index in [1.165, 1.54) is 0 Å². The van der Waals surface area contributed by atoms with E-state index in [1.807, 2.05) is 24.3 Å². The van der Waals surface area contributed by atoms with Gasteiger partial charge in [-0.2, -0.15) is 0 Å². The molecule has 9 heavy (non-hydrogen) atoms. The van der Waals surface area contributed by atoms with Gasteiger partial charge < -0.3 is 0 Å². The molecule has 0 fully saturated rings. The van der Waals surface area contributed by atoms with Crippen LogP contribution in [0.4, 0.5) is 0 Å². The standard InChI is InChI=1S/C7H6Cl2/c8-7(9)5-3-1-2-4-6-7/h1-6H. The molecule has 1 rings (SSSR count). The highest BCUT2D eigenvalue weighted by atomic mass is 35.5. The highest BCUT2D eigenvalue weighted by molar-refractivity contribution is 6.51. The summed E-state index contributed by atoms with van der Waals surface area (Å²) in [6.45, 7) is 0. The minimum atomic E-state index is -0.816. The van der Waals surface area contributed by atoms with E-state index in [0.29, 0.717) is 0 Å². The van der Waals surface area contributed by atoms with Crippen LogP contribution in [0.3, 0.4) is 0 Å². The highest BCUT2D eigenvalue weighted by Gasteiger charge is 2.14. The molecular formula is C7H6Cl2. The Balaban J connectivity index is 2.82. The van der Waals surface area contributed by atoms with Gasteiger partial charge in [0.2, 0.25) is 0 Å². The lowest BCUT2D eigenvalue weighted by Gasteiger charge is -2.05. The number of alkyl halides is 2. The van der Waals surface area contributed by atoms with E-state index in [9.17, 15) is 0 Å². The second-order valence-corrected chi connectivity index (χ2v) is 3.22. The molecule has 0 bridgehead atoms. The molecule has 0 nitrogen and oxygen atoms in total. The summed E-state index contributed by atoms with van der Waals surface area (Å²) >= 11 is 11.5. The first kappa shape index (κ1) is 6.91. The molecule has 0 aromatic rings. The molecule has 0 atom stereocenters. The molecule has 0 aliphatic heterocycles. The number of halogens is 2. The summed E-state index contributed by atoms with van der Waals surface area (Å²) < 4.78 is -0.816. The molecule has 0 N–H and O–H groups in total. The maximum atomic E-state index is 5.73. The van der Waals surface area contributed by atoms with Gasteiger partial charge in [-0.15, -0.1) is 0 Å². The van der Waals surface area contributed by atoms with Crippen LogP contribution in [0.1, 0.15) is 0 Å². The minimum absolute atomic E-state index is 0.816. The van der Waals surface area contributed by atoms with Gasteiger partial charge in [-0.1, -0.05) is 47.5 Å². The quantitative estimate of drug-likeness (QED) is 0.479. The number of allylic oxidation sites excluding steroid dienone is 6. The van der Waals surface area contributed by atoms with E-state index < -0.39 is 4.33 Å². The second-order valence-electron chi connectivity index (χ2n) is 1.78. The Hall–Kier alpha value is -0.200. The molecule has 48 valence electrons. The van der Waals surface area contributed by atoms with E-state index in [1.54, 1.807) is 12.2 Å². The lowest BCUT2D eigenvalue weighted by atomic mass is 10.3. The van der Waals surface area contributed by atoms with Gasteiger partial charge in [-0.3, -0.25) is 0 Å². The van der Waals surface area contributed by atoms with Gasteiger partial charge in [0, 0.05) is 0 Å². The Morgan fingerprint density at radius 2 is 1.22 bits per heavy atom. The van der Waals surface area contributed by atoms with Crippen molar-refractivity contribution < 1.29 is 0 Å². The van der Waals surface area contributed by atoms with Gasteiger partial charge in [-0.05, 0) is 12.2 Å². The van der Waals surface area contributed by atoms with Gasteiger partial charge in [-0.25, -0.2) is 0 Å². The van der Waals surface area contributed by atoms with Crippen molar-refractivity contribution in [3.8, 4) is 0 Å². The molecule has 0 aromatic carbocycles. The maximum absolute atomic E-state index is 5.73. The average Bonchev–Trinajstić information content (AvgIpc) is 1.92. The predicted octanol–water partition coefficient (Wildman–Crippen LogP) is 2.84. The van der Waals surface area contributed by atoms with Crippen molar-refractivity contribution in [2.75, 3.05) is 0 Å². The Labute approximate surface area is 64.5 Å². The topological polar surface area (TPSA) is 0 Å². The fraction of sp³-hybridized carbons (Fsp3) is 0.143. The Kier molecular flexibility index (Phi) is 1.99. The zero-order chi connectivity index (χ0) is 6.74. The third-order valence-electron chi connectivity index (χ3n) is 0.970. The lowest BCUT2D eigenvalue weighted by molar-refractivity contribution is 1.28. The van der Waals surface area contributed by atoms with Crippen LogP contribution >= 0.6 is 23.2 Å². The third-order valence-corrected chi connectivity index (χ3v) is 1.47. The first-order chi connectivity index (χ1) is 4.21. The van der Waals surface area contributed by atoms with Crippen molar-refractivity contribution in [3.05, 3.63) is 36.5 Å². The summed E-state index contributed by atoms with van der Waals surface area (Å²) in [6.07, 6.45) is 10.8. The van der Waals surface area contributed by atoms with Gasteiger partial charge >= 0.3 is 0 Å². The highest BCUT2D eigenvalue weighted by Crippen LogP contribution is 2.25. The summed E-state index contributed by atoms with van der Waals surface area (Å²) in [6, 6.07) is 0. The van der Waals surface area contributed by atoms with Crippen molar-refractivity contribution in [3.63, 3.8) is 0 Å². The molecule has 1 aliphatic rings. The van der Waals surface area contributed by atoms with Crippen LogP contribution in [0, 0.1) is 0 Å². The molecule has 0 unspecified atom stereocenters. The summed E-state index contributed by atoms with van der Waals surface area (Å²) in [4.78, 5) is 0. The molecule has 0 heterocycles. The van der Waals surface area contributed by atoms with Crippen LogP contribution in [0.2, 0.25) is 0 Å². The van der Waals surface area contributed by atoms with Gasteiger partial charge in [0.05, 0.1) is 0 Å². The smallest absolute Gasteiger partial charge is 0.0923 e. The van der Waals surface area contributed by atoms with Crippen molar-refractivity contribution in [1.82, 2.24) is 0 Å². The van der Waals surface area contributed by atoms with E-state index in [4.69, 9.17) is 23.2 Å². The van der Waals surface area contributed by atoms with E-state index >= 15 is 0 Å². The normalized spacial score (nSPS) is 22.0. The SMILES string of the molecule is ClC1(Cl)C=CC=CC=C1. The predicted molar refractivity (Wildman–Crippen MR) is 41.9 cm³/mol. The molecule has 0 amide bonds. The molecule has 0 spiro atoms. The van der Waals surface area contributed by atoms with Crippen LogP contribution in [-0.4, -0.2) is 4.33 Å². The fourth-order valence-corrected chi connectivity index (χ4v) is 0.843. The fourth-order valence-electron chi connectivity index (χ4n) is 0.552. The minimum Gasteiger partial charge on any atom is -0.0923 e. The van der Waals surface area contributed by atoms with Crippen molar-refractivity contribution in [1.29, 1.82) is 0 Å². The Morgan fingerprint density at radius 1 is 0.778 bits per heavy atom. The molecule has 0 saturated carbocycles. The molecule has 1 aliphatic carbocycles. The van der Waals surface area contributed by atoms with Gasteiger partial charge in [0.15, 0.2) is 4.33 Å². The largest absolute Gasteiger partial charge is 0.155 e. The molecule has 2 heteroatoms. The third kappa shape index (κ3) is 2.25. The number of hydrogen-bond donors (Lipinski definition) is 0. The first-order valence-electron chi connectivity index (χ1n) is 2.62. The zero-order valence-electron chi connectivity index (χ0n) is 4.72. The average molecular weight is 161 g/mol. The van der Waals surface area contributed by atoms with E-state index in [-0.39, 0.29) is 0 Å². The Morgan fingerprint density at radius 3 is 1.67 bits per heavy atom. The van der Waals surface area contributed by atoms with E-state index in [0.717, 1.165) is 0 Å². The number of hydrogen-bond acceptors (Lipinski definition) is 0. The van der Waals surface area contributed by atoms with Crippen LogP contribution < -0.4 is 0 Å². The molecule has 0 radical (unpaired) electrons. The summed E-state index contributed by atoms with van der Waals surface area (Å²) in [7, 11) is 0. The summed E-state index contributed by atoms with van der Waals surface area (Å²) in [5.74, 6) is 0. The molecule has 0 aromatic heterocycles. The lowest BCUT2D eigenvalue weighted by Crippen LogP contribution is -2.01. The molecular weight excluding hydrogens is 155 g/mol. The monoisotopic (exact) mass is 160 g/mol. The van der Waals surface area contributed by atoms with Crippen molar-refractivity contribution in [2.24, 2.45) is 0 Å². The molecule has 0 saturated heterocycles. The van der Waals surface area contributed by atoms with Crippen LogP contribution in [0.5, 0.6) is 0 Å². The zero-order valence-corrected chi connectivity index (χ0v) is 6.23. The maximum Gasteiger partial charge on any atom is 0.155 e. The number of rotatable bonds is 0. The van der Waals surface area contributed by atoms with Crippen LogP contribution in [0.25, 0.3) is 0 Å². The second kappa shape index (κ2) is 2.59. The summed E-state index contributed by atoms with van der Waals surface area (Å²) in [5.41, 5.74) is 0. The first-order valence-corrected chi connectivity index (χ1v) is 3.38. The Bertz CT molecular complexity index is 157. The van der Waals surface area contributed by atoms with Gasteiger partial charge in [0.1, 0.15) is 0 Å². The van der Waals surface area contributed by atoms with Crippen LogP contribution in [-0.2, 0) is 0 Å². The van der Waals surface area contributed by atoms with Crippen LogP contribution in [0.15, 0.2) is 36.5 Å². The van der Waals surface area contributed by atoms with Crippen molar-refractivity contribution >= 4 is 23.2 Å². The summed E-state index contributed by atoms with van der Waals surface area (Å²) in [5, 5.41) is 0. The van der Waals surface area contributed by atoms with Gasteiger partial charge in [0.25, 0.3) is 0 Å². The van der Waals surface area contributed by atoms with E-state index in [2.05, 4.69) is 0 Å².